The average molecular weight is 358 g/mol. The summed E-state index contributed by atoms with van der Waals surface area (Å²) in [6.07, 6.45) is 1.78. The van der Waals surface area contributed by atoms with Gasteiger partial charge in [0.25, 0.3) is 0 Å². The molecule has 0 aliphatic rings. The predicted octanol–water partition coefficient (Wildman–Crippen LogP) is 3.91. The van der Waals surface area contributed by atoms with Gasteiger partial charge in [-0.2, -0.15) is 0 Å². The number of ether oxygens (including phenoxy) is 1. The Kier molecular flexibility index (Phi) is 9.16. The minimum Gasteiger partial charge on any atom is -0.389 e. The van der Waals surface area contributed by atoms with Gasteiger partial charge in [-0.15, -0.1) is 0 Å². The Hall–Kier alpha value is -0.420. The Morgan fingerprint density at radius 2 is 1.86 bits per heavy atom. The molecule has 0 bridgehead atoms. The summed E-state index contributed by atoms with van der Waals surface area (Å²) < 4.78 is 6.58. The van der Waals surface area contributed by atoms with Crippen LogP contribution in [0.25, 0.3) is 0 Å². The lowest BCUT2D eigenvalue weighted by Crippen LogP contribution is -2.32. The Labute approximate surface area is 137 Å². The first kappa shape index (κ1) is 18.6. The van der Waals surface area contributed by atoms with Gasteiger partial charge in [0.15, 0.2) is 0 Å². The van der Waals surface area contributed by atoms with E-state index in [1.54, 1.807) is 0 Å². The molecule has 0 aliphatic heterocycles. The van der Waals surface area contributed by atoms with Crippen LogP contribution in [0.5, 0.6) is 0 Å². The Morgan fingerprint density at radius 1 is 1.19 bits per heavy atom. The van der Waals surface area contributed by atoms with Crippen LogP contribution in [0.4, 0.5) is 0 Å². The maximum absolute atomic E-state index is 9.90. The van der Waals surface area contributed by atoms with Crippen LogP contribution in [0.3, 0.4) is 0 Å². The monoisotopic (exact) mass is 357 g/mol. The Balaban J connectivity index is 2.14. The van der Waals surface area contributed by atoms with Gasteiger partial charge in [-0.1, -0.05) is 41.9 Å². The summed E-state index contributed by atoms with van der Waals surface area (Å²) >= 11 is 3.43. The third-order valence-electron chi connectivity index (χ3n) is 3.41. The number of aliphatic hydroxyl groups excluding tert-OH is 1. The first-order valence-electron chi connectivity index (χ1n) is 7.73. The predicted molar refractivity (Wildman–Crippen MR) is 91.5 cm³/mol. The number of benzene rings is 1. The summed E-state index contributed by atoms with van der Waals surface area (Å²) in [6.45, 7) is 8.20. The summed E-state index contributed by atoms with van der Waals surface area (Å²) in [7, 11) is 0. The molecule has 0 heterocycles. The van der Waals surface area contributed by atoms with Gasteiger partial charge in [-0.3, -0.25) is 0 Å². The lowest BCUT2D eigenvalue weighted by molar-refractivity contribution is 0.0337. The highest BCUT2D eigenvalue weighted by atomic mass is 79.9. The quantitative estimate of drug-likeness (QED) is 0.623. The summed E-state index contributed by atoms with van der Waals surface area (Å²) in [5, 5.41) is 13.2. The minimum absolute atomic E-state index is 0.216. The first-order chi connectivity index (χ1) is 9.99. The molecular weight excluding hydrogens is 330 g/mol. The fourth-order valence-electron chi connectivity index (χ4n) is 2.05. The summed E-state index contributed by atoms with van der Waals surface area (Å²) in [4.78, 5) is 0. The normalized spacial score (nSPS) is 14.4. The van der Waals surface area contributed by atoms with Gasteiger partial charge < -0.3 is 15.2 Å². The molecule has 0 aliphatic carbocycles. The summed E-state index contributed by atoms with van der Waals surface area (Å²) in [5.41, 5.74) is 1.21. The van der Waals surface area contributed by atoms with E-state index in [9.17, 15) is 5.11 Å². The van der Waals surface area contributed by atoms with Crippen LogP contribution in [0.1, 0.15) is 45.2 Å². The van der Waals surface area contributed by atoms with E-state index in [1.807, 2.05) is 12.1 Å². The second kappa shape index (κ2) is 10.3. The topological polar surface area (TPSA) is 41.5 Å². The number of rotatable bonds is 10. The second-order valence-electron chi connectivity index (χ2n) is 5.95. The van der Waals surface area contributed by atoms with Crippen LogP contribution in [-0.2, 0) is 4.74 Å². The minimum atomic E-state index is -0.457. The second-order valence-corrected chi connectivity index (χ2v) is 6.86. The third kappa shape index (κ3) is 8.57. The van der Waals surface area contributed by atoms with Gasteiger partial charge >= 0.3 is 0 Å². The molecule has 0 fully saturated rings. The van der Waals surface area contributed by atoms with E-state index in [0.29, 0.717) is 19.1 Å². The highest BCUT2D eigenvalue weighted by molar-refractivity contribution is 9.10. The fraction of sp³-hybridized carbons (Fsp3) is 0.647. The van der Waals surface area contributed by atoms with Crippen molar-refractivity contribution in [3.8, 4) is 0 Å². The first-order valence-corrected chi connectivity index (χ1v) is 8.53. The molecule has 1 rings (SSSR count). The van der Waals surface area contributed by atoms with Crippen molar-refractivity contribution in [2.75, 3.05) is 19.8 Å². The molecule has 2 atom stereocenters. The molecule has 0 spiro atoms. The van der Waals surface area contributed by atoms with Crippen molar-refractivity contribution >= 4 is 15.9 Å². The van der Waals surface area contributed by atoms with E-state index in [0.717, 1.165) is 17.5 Å². The van der Waals surface area contributed by atoms with E-state index in [1.165, 1.54) is 12.0 Å². The molecule has 1 aromatic rings. The van der Waals surface area contributed by atoms with Crippen molar-refractivity contribution in [2.45, 2.75) is 45.8 Å². The summed E-state index contributed by atoms with van der Waals surface area (Å²) in [6, 6.07) is 8.44. The summed E-state index contributed by atoms with van der Waals surface area (Å²) in [5.74, 6) is 0.715. The smallest absolute Gasteiger partial charge is 0.0897 e. The van der Waals surface area contributed by atoms with Crippen LogP contribution in [0, 0.1) is 5.92 Å². The molecule has 0 saturated heterocycles. The highest BCUT2D eigenvalue weighted by Crippen LogP contribution is 2.16. The zero-order chi connectivity index (χ0) is 15.7. The number of hydrogen-bond acceptors (Lipinski definition) is 3. The molecule has 0 radical (unpaired) electrons. The lowest BCUT2D eigenvalue weighted by atomic mass is 10.1. The van der Waals surface area contributed by atoms with Crippen molar-refractivity contribution in [2.24, 2.45) is 5.92 Å². The Bertz CT molecular complexity index is 381. The molecule has 1 unspecified atom stereocenters. The molecule has 1 aromatic carbocycles. The standard InChI is InChI=1S/C17H28BrNO2/c1-13(2)5-4-10-21-12-17(20)11-19-14(3)15-6-8-16(18)9-7-15/h6-9,13-14,17,19-20H,4-5,10-12H2,1-3H3/t14-,17?/m1/s1. The van der Waals surface area contributed by atoms with Crippen molar-refractivity contribution in [3.05, 3.63) is 34.3 Å². The Morgan fingerprint density at radius 3 is 2.48 bits per heavy atom. The van der Waals surface area contributed by atoms with Gasteiger partial charge in [0.1, 0.15) is 0 Å². The van der Waals surface area contributed by atoms with Gasteiger partial charge in [0, 0.05) is 23.7 Å². The number of halogens is 1. The van der Waals surface area contributed by atoms with E-state index >= 15 is 0 Å². The molecule has 0 saturated carbocycles. The maximum Gasteiger partial charge on any atom is 0.0897 e. The number of nitrogens with one attached hydrogen (secondary N) is 1. The van der Waals surface area contributed by atoms with Crippen molar-refractivity contribution in [1.82, 2.24) is 5.32 Å². The molecular formula is C17H28BrNO2. The SMILES string of the molecule is CC(C)CCCOCC(O)CN[C@H](C)c1ccc(Br)cc1. The van der Waals surface area contributed by atoms with Gasteiger partial charge in [0.05, 0.1) is 12.7 Å². The number of hydrogen-bond donors (Lipinski definition) is 2. The molecule has 120 valence electrons. The van der Waals surface area contributed by atoms with Crippen LogP contribution < -0.4 is 5.32 Å². The van der Waals surface area contributed by atoms with E-state index in [2.05, 4.69) is 54.2 Å². The number of aliphatic hydroxyl groups is 1. The average Bonchev–Trinajstić information content (AvgIpc) is 2.44. The molecule has 0 amide bonds. The molecule has 21 heavy (non-hydrogen) atoms. The van der Waals surface area contributed by atoms with Crippen molar-refractivity contribution in [3.63, 3.8) is 0 Å². The molecule has 2 N–H and O–H groups in total. The van der Waals surface area contributed by atoms with Crippen LogP contribution in [0.2, 0.25) is 0 Å². The molecule has 3 nitrogen and oxygen atoms in total. The molecule has 0 aromatic heterocycles. The van der Waals surface area contributed by atoms with E-state index in [-0.39, 0.29) is 6.04 Å². The largest absolute Gasteiger partial charge is 0.389 e. The zero-order valence-electron chi connectivity index (χ0n) is 13.3. The van der Waals surface area contributed by atoms with Gasteiger partial charge in [-0.05, 0) is 43.4 Å². The maximum atomic E-state index is 9.90. The van der Waals surface area contributed by atoms with Crippen LogP contribution >= 0.6 is 15.9 Å². The molecule has 4 heteroatoms. The van der Waals surface area contributed by atoms with Gasteiger partial charge in [-0.25, -0.2) is 0 Å². The van der Waals surface area contributed by atoms with Crippen molar-refractivity contribution in [1.29, 1.82) is 0 Å². The fourth-order valence-corrected chi connectivity index (χ4v) is 2.32. The lowest BCUT2D eigenvalue weighted by Gasteiger charge is -2.18. The highest BCUT2D eigenvalue weighted by Gasteiger charge is 2.09. The van der Waals surface area contributed by atoms with Crippen molar-refractivity contribution < 1.29 is 9.84 Å². The van der Waals surface area contributed by atoms with E-state index < -0.39 is 6.10 Å². The van der Waals surface area contributed by atoms with E-state index in [4.69, 9.17) is 4.74 Å². The van der Waals surface area contributed by atoms with Crippen LogP contribution in [-0.4, -0.2) is 31.0 Å². The zero-order valence-corrected chi connectivity index (χ0v) is 14.9. The third-order valence-corrected chi connectivity index (χ3v) is 3.94. The van der Waals surface area contributed by atoms with Gasteiger partial charge in [0.2, 0.25) is 0 Å². The van der Waals surface area contributed by atoms with Crippen LogP contribution in [0.15, 0.2) is 28.7 Å².